The first kappa shape index (κ1) is 18.2. The van der Waals surface area contributed by atoms with Gasteiger partial charge in [-0.2, -0.15) is 0 Å². The van der Waals surface area contributed by atoms with Gasteiger partial charge < -0.3 is 14.8 Å². The number of aryl methyl sites for hydroxylation is 1. The highest BCUT2D eigenvalue weighted by Crippen LogP contribution is 2.32. The van der Waals surface area contributed by atoms with E-state index in [4.69, 9.17) is 4.98 Å². The zero-order chi connectivity index (χ0) is 20.0. The molecule has 1 fully saturated rings. The van der Waals surface area contributed by atoms with E-state index in [1.807, 2.05) is 4.90 Å². The first-order valence-electron chi connectivity index (χ1n) is 10.2. The largest absolute Gasteiger partial charge is 0.339 e. The van der Waals surface area contributed by atoms with Gasteiger partial charge in [-0.15, -0.1) is 0 Å². The van der Waals surface area contributed by atoms with Crippen molar-refractivity contribution >= 4 is 16.8 Å². The number of amides is 1. The molecule has 1 N–H and O–H groups in total. The Morgan fingerprint density at radius 1 is 1.24 bits per heavy atom. The molecule has 0 bridgehead atoms. The fourth-order valence-electron chi connectivity index (χ4n) is 4.69. The number of piperidine rings is 1. The minimum absolute atomic E-state index is 0.142. The number of likely N-dealkylation sites (tertiary alicyclic amines) is 1. The smallest absolute Gasteiger partial charge is 0.256 e. The summed E-state index contributed by atoms with van der Waals surface area (Å²) in [5, 5.41) is 4.09. The molecule has 0 unspecified atom stereocenters. The molecule has 29 heavy (non-hydrogen) atoms. The molecular weight excluding hydrogens is 369 g/mol. The Morgan fingerprint density at radius 2 is 2.07 bits per heavy atom. The van der Waals surface area contributed by atoms with Gasteiger partial charge in [0.2, 0.25) is 0 Å². The fourth-order valence-corrected chi connectivity index (χ4v) is 4.69. The van der Waals surface area contributed by atoms with Gasteiger partial charge in [-0.05, 0) is 38.0 Å². The summed E-state index contributed by atoms with van der Waals surface area (Å²) in [4.78, 5) is 24.1. The van der Waals surface area contributed by atoms with Gasteiger partial charge >= 0.3 is 0 Å². The molecule has 0 aliphatic carbocycles. The van der Waals surface area contributed by atoms with Crippen molar-refractivity contribution in [2.75, 3.05) is 19.6 Å². The SMILES string of the molecule is Cc1nc(C2CCN(C(=O)c3cc(F)cc4cccnc34)CC2)c2n1CCNC2. The second-order valence-corrected chi connectivity index (χ2v) is 7.91. The molecule has 0 spiro atoms. The van der Waals surface area contributed by atoms with Gasteiger partial charge in [-0.3, -0.25) is 9.78 Å². The Morgan fingerprint density at radius 3 is 2.90 bits per heavy atom. The van der Waals surface area contributed by atoms with E-state index in [1.165, 1.54) is 23.5 Å². The number of aromatic nitrogens is 3. The van der Waals surface area contributed by atoms with E-state index >= 15 is 0 Å². The van der Waals surface area contributed by atoms with Crippen LogP contribution >= 0.6 is 0 Å². The van der Waals surface area contributed by atoms with Crippen molar-refractivity contribution in [2.45, 2.75) is 38.8 Å². The second-order valence-electron chi connectivity index (χ2n) is 7.91. The molecule has 0 atom stereocenters. The zero-order valence-corrected chi connectivity index (χ0v) is 16.5. The lowest BCUT2D eigenvalue weighted by Gasteiger charge is -2.32. The number of carbonyl (C=O) groups is 1. The van der Waals surface area contributed by atoms with Gasteiger partial charge in [0.1, 0.15) is 11.6 Å². The molecule has 150 valence electrons. The van der Waals surface area contributed by atoms with Crippen molar-refractivity contribution < 1.29 is 9.18 Å². The van der Waals surface area contributed by atoms with E-state index in [0.717, 1.165) is 38.3 Å². The number of imidazole rings is 1. The number of hydrogen-bond donors (Lipinski definition) is 1. The van der Waals surface area contributed by atoms with Crippen molar-refractivity contribution in [2.24, 2.45) is 0 Å². The topological polar surface area (TPSA) is 63.1 Å². The van der Waals surface area contributed by atoms with Crippen molar-refractivity contribution in [1.82, 2.24) is 24.8 Å². The Kier molecular flexibility index (Phi) is 4.54. The number of halogens is 1. The molecular formula is C22H24FN5O. The maximum absolute atomic E-state index is 14.1. The summed E-state index contributed by atoms with van der Waals surface area (Å²) in [6.45, 7) is 6.16. The maximum atomic E-state index is 14.1. The first-order valence-corrected chi connectivity index (χ1v) is 10.2. The average Bonchev–Trinajstić information content (AvgIpc) is 3.09. The molecule has 0 saturated carbocycles. The van der Waals surface area contributed by atoms with Crippen LogP contribution in [0.25, 0.3) is 10.9 Å². The van der Waals surface area contributed by atoms with Crippen LogP contribution in [0.4, 0.5) is 4.39 Å². The monoisotopic (exact) mass is 393 g/mol. The second kappa shape index (κ2) is 7.22. The lowest BCUT2D eigenvalue weighted by Crippen LogP contribution is -2.38. The summed E-state index contributed by atoms with van der Waals surface area (Å²) in [7, 11) is 0. The van der Waals surface area contributed by atoms with Crippen molar-refractivity contribution in [3.05, 3.63) is 59.1 Å². The van der Waals surface area contributed by atoms with E-state index in [0.29, 0.717) is 35.5 Å². The minimum Gasteiger partial charge on any atom is -0.339 e. The Bertz CT molecular complexity index is 1080. The summed E-state index contributed by atoms with van der Waals surface area (Å²) in [5.74, 6) is 0.885. The molecule has 0 radical (unpaired) electrons. The Hall–Kier alpha value is -2.80. The standard InChI is InChI=1S/C22H24FN5O/c1-14-26-21(19-13-24-7-10-28(14)19)15-4-8-27(9-5-15)22(29)18-12-17(23)11-16-3-2-6-25-20(16)18/h2-3,6,11-12,15,24H,4-5,7-10,13H2,1H3. The minimum atomic E-state index is -0.406. The molecule has 4 heterocycles. The molecule has 1 aromatic carbocycles. The van der Waals surface area contributed by atoms with Crippen LogP contribution in [0, 0.1) is 12.7 Å². The Balaban J connectivity index is 1.36. The molecule has 5 rings (SSSR count). The van der Waals surface area contributed by atoms with Crippen molar-refractivity contribution in [3.63, 3.8) is 0 Å². The van der Waals surface area contributed by atoms with Crippen molar-refractivity contribution in [1.29, 1.82) is 0 Å². The lowest BCUT2D eigenvalue weighted by atomic mass is 9.91. The van der Waals surface area contributed by atoms with Crippen LogP contribution in [-0.2, 0) is 13.1 Å². The van der Waals surface area contributed by atoms with Gasteiger partial charge in [0.05, 0.1) is 22.5 Å². The number of rotatable bonds is 2. The third-order valence-corrected chi connectivity index (χ3v) is 6.17. The van der Waals surface area contributed by atoms with Crippen LogP contribution in [0.15, 0.2) is 30.5 Å². The summed E-state index contributed by atoms with van der Waals surface area (Å²) < 4.78 is 16.4. The number of nitrogens with one attached hydrogen (secondary N) is 1. The van der Waals surface area contributed by atoms with E-state index in [1.54, 1.807) is 18.3 Å². The third-order valence-electron chi connectivity index (χ3n) is 6.17. The molecule has 2 aliphatic heterocycles. The van der Waals surface area contributed by atoms with Crippen molar-refractivity contribution in [3.8, 4) is 0 Å². The molecule has 6 nitrogen and oxygen atoms in total. The normalized spacial score (nSPS) is 17.5. The summed E-state index contributed by atoms with van der Waals surface area (Å²) in [6, 6.07) is 6.27. The average molecular weight is 393 g/mol. The quantitative estimate of drug-likeness (QED) is 0.727. The maximum Gasteiger partial charge on any atom is 0.256 e. The highest BCUT2D eigenvalue weighted by molar-refractivity contribution is 6.05. The van der Waals surface area contributed by atoms with Crippen LogP contribution in [-0.4, -0.2) is 45.0 Å². The fraction of sp³-hybridized carbons (Fsp3) is 0.409. The van der Waals surface area contributed by atoms with Crippen LogP contribution < -0.4 is 5.32 Å². The van der Waals surface area contributed by atoms with Gasteiger partial charge in [-0.1, -0.05) is 6.07 Å². The predicted molar refractivity (Wildman–Crippen MR) is 108 cm³/mol. The van der Waals surface area contributed by atoms with Crippen LogP contribution in [0.3, 0.4) is 0 Å². The van der Waals surface area contributed by atoms with E-state index < -0.39 is 5.82 Å². The highest BCUT2D eigenvalue weighted by Gasteiger charge is 2.30. The number of benzene rings is 1. The lowest BCUT2D eigenvalue weighted by molar-refractivity contribution is 0.0713. The van der Waals surface area contributed by atoms with Crippen LogP contribution in [0.5, 0.6) is 0 Å². The number of fused-ring (bicyclic) bond motifs is 2. The molecule has 2 aliphatic rings. The van der Waals surface area contributed by atoms with Gasteiger partial charge in [0.25, 0.3) is 5.91 Å². The predicted octanol–water partition coefficient (Wildman–Crippen LogP) is 3.00. The van der Waals surface area contributed by atoms with Crippen LogP contribution in [0.2, 0.25) is 0 Å². The molecule has 1 saturated heterocycles. The van der Waals surface area contributed by atoms with Crippen LogP contribution in [0.1, 0.15) is 46.3 Å². The number of hydrogen-bond acceptors (Lipinski definition) is 4. The van der Waals surface area contributed by atoms with E-state index in [2.05, 4.69) is 21.8 Å². The summed E-state index contributed by atoms with van der Waals surface area (Å²) in [5.41, 5.74) is 3.38. The van der Waals surface area contributed by atoms with E-state index in [9.17, 15) is 9.18 Å². The number of nitrogens with zero attached hydrogens (tertiary/aromatic N) is 4. The molecule has 3 aromatic rings. The van der Waals surface area contributed by atoms with E-state index in [-0.39, 0.29) is 5.91 Å². The molecule has 1 amide bonds. The summed E-state index contributed by atoms with van der Waals surface area (Å²) >= 11 is 0. The van der Waals surface area contributed by atoms with Gasteiger partial charge in [0.15, 0.2) is 0 Å². The third kappa shape index (κ3) is 3.19. The number of pyridine rings is 1. The Labute approximate surface area is 168 Å². The zero-order valence-electron chi connectivity index (χ0n) is 16.5. The van der Waals surface area contributed by atoms with Gasteiger partial charge in [-0.25, -0.2) is 9.37 Å². The summed E-state index contributed by atoms with van der Waals surface area (Å²) in [6.07, 6.45) is 3.38. The first-order chi connectivity index (χ1) is 14.1. The highest BCUT2D eigenvalue weighted by atomic mass is 19.1. The number of carbonyl (C=O) groups excluding carboxylic acids is 1. The van der Waals surface area contributed by atoms with Gasteiger partial charge in [0, 0.05) is 50.2 Å². The molecule has 7 heteroatoms. The molecule has 2 aromatic heterocycles.